The van der Waals surface area contributed by atoms with Gasteiger partial charge in [0, 0.05) is 18.8 Å². The van der Waals surface area contributed by atoms with Crippen LogP contribution in [-0.4, -0.2) is 29.8 Å². The van der Waals surface area contributed by atoms with Crippen LogP contribution in [0.4, 0.5) is 0 Å². The molecule has 0 aromatic carbocycles. The van der Waals surface area contributed by atoms with Crippen LogP contribution in [0.15, 0.2) is 17.5 Å². The van der Waals surface area contributed by atoms with Gasteiger partial charge in [0.05, 0.1) is 6.54 Å². The molecular weight excluding hydrogens is 248 g/mol. The third kappa shape index (κ3) is 4.14. The minimum Gasteiger partial charge on any atom is -0.344 e. The van der Waals surface area contributed by atoms with Crippen LogP contribution < -0.4 is 5.32 Å². The maximum absolute atomic E-state index is 12.3. The lowest BCUT2D eigenvalue weighted by atomic mass is 10.0. The fourth-order valence-corrected chi connectivity index (χ4v) is 2.44. The van der Waals surface area contributed by atoms with Crippen LogP contribution in [0.1, 0.15) is 25.6 Å². The van der Waals surface area contributed by atoms with Gasteiger partial charge in [0.15, 0.2) is 0 Å². The van der Waals surface area contributed by atoms with Gasteiger partial charge in [-0.25, -0.2) is 0 Å². The second-order valence-corrected chi connectivity index (χ2v) is 5.73. The Morgan fingerprint density at radius 2 is 2.11 bits per heavy atom. The molecule has 1 rings (SSSR count). The van der Waals surface area contributed by atoms with E-state index in [4.69, 9.17) is 0 Å². The van der Waals surface area contributed by atoms with Gasteiger partial charge in [-0.05, 0) is 17.4 Å². The Bertz CT molecular complexity index is 401. The fraction of sp³-hybridized carbons (Fsp3) is 0.538. The summed E-state index contributed by atoms with van der Waals surface area (Å²) in [5.74, 6) is -0.146. The average molecular weight is 268 g/mol. The summed E-state index contributed by atoms with van der Waals surface area (Å²) in [6.45, 7) is 5.87. The van der Waals surface area contributed by atoms with E-state index < -0.39 is 6.04 Å². The van der Waals surface area contributed by atoms with E-state index in [1.165, 1.54) is 6.92 Å². The van der Waals surface area contributed by atoms with Gasteiger partial charge in [0.2, 0.25) is 11.8 Å². The summed E-state index contributed by atoms with van der Waals surface area (Å²) in [5, 5.41) is 4.70. The van der Waals surface area contributed by atoms with E-state index in [2.05, 4.69) is 5.32 Å². The summed E-state index contributed by atoms with van der Waals surface area (Å²) in [4.78, 5) is 26.2. The van der Waals surface area contributed by atoms with Crippen molar-refractivity contribution in [1.29, 1.82) is 0 Å². The zero-order valence-electron chi connectivity index (χ0n) is 11.3. The predicted molar refractivity (Wildman–Crippen MR) is 73.2 cm³/mol. The van der Waals surface area contributed by atoms with Gasteiger partial charge in [0.25, 0.3) is 0 Å². The third-order valence-electron chi connectivity index (χ3n) is 2.64. The van der Waals surface area contributed by atoms with Crippen molar-refractivity contribution in [3.05, 3.63) is 22.4 Å². The lowest BCUT2D eigenvalue weighted by Gasteiger charge is -2.26. The van der Waals surface area contributed by atoms with E-state index in [-0.39, 0.29) is 17.7 Å². The maximum atomic E-state index is 12.3. The lowest BCUT2D eigenvalue weighted by molar-refractivity contribution is -0.136. The van der Waals surface area contributed by atoms with Gasteiger partial charge in [-0.15, -0.1) is 11.3 Å². The Balaban J connectivity index is 2.67. The number of hydrogen-bond acceptors (Lipinski definition) is 3. The largest absolute Gasteiger partial charge is 0.344 e. The van der Waals surface area contributed by atoms with Crippen molar-refractivity contribution in [2.24, 2.45) is 5.92 Å². The number of nitrogens with one attached hydrogen (secondary N) is 1. The molecule has 1 N–H and O–H groups in total. The highest BCUT2D eigenvalue weighted by Crippen LogP contribution is 2.13. The Morgan fingerprint density at radius 1 is 1.44 bits per heavy atom. The Kier molecular flexibility index (Phi) is 5.34. The highest BCUT2D eigenvalue weighted by Gasteiger charge is 2.25. The summed E-state index contributed by atoms with van der Waals surface area (Å²) >= 11 is 1.62. The van der Waals surface area contributed by atoms with Crippen LogP contribution in [0.3, 0.4) is 0 Å². The average Bonchev–Trinajstić information content (AvgIpc) is 2.77. The van der Waals surface area contributed by atoms with E-state index in [1.807, 2.05) is 31.4 Å². The summed E-state index contributed by atoms with van der Waals surface area (Å²) in [5.41, 5.74) is 0. The zero-order chi connectivity index (χ0) is 13.7. The molecule has 0 aliphatic rings. The van der Waals surface area contributed by atoms with Crippen molar-refractivity contribution < 1.29 is 9.59 Å². The molecule has 0 aliphatic heterocycles. The Hall–Kier alpha value is -1.36. The minimum atomic E-state index is -0.451. The summed E-state index contributed by atoms with van der Waals surface area (Å²) in [6.07, 6.45) is 0. The SMILES string of the molecule is CC(=O)N[C@@H](C(=O)N(C)Cc1cccs1)C(C)C. The van der Waals surface area contributed by atoms with E-state index in [1.54, 1.807) is 23.3 Å². The molecule has 0 radical (unpaired) electrons. The van der Waals surface area contributed by atoms with E-state index in [0.717, 1.165) is 4.88 Å². The molecule has 1 atom stereocenters. The Morgan fingerprint density at radius 3 is 2.56 bits per heavy atom. The number of hydrogen-bond donors (Lipinski definition) is 1. The van der Waals surface area contributed by atoms with Crippen LogP contribution in [-0.2, 0) is 16.1 Å². The van der Waals surface area contributed by atoms with Gasteiger partial charge in [-0.3, -0.25) is 9.59 Å². The molecule has 0 unspecified atom stereocenters. The molecule has 5 heteroatoms. The summed E-state index contributed by atoms with van der Waals surface area (Å²) in [6, 6.07) is 3.51. The molecular formula is C13H20N2O2S. The minimum absolute atomic E-state index is 0.0476. The van der Waals surface area contributed by atoms with Crippen LogP contribution in [0.5, 0.6) is 0 Å². The van der Waals surface area contributed by atoms with Crippen molar-refractivity contribution >= 4 is 23.2 Å². The first-order valence-electron chi connectivity index (χ1n) is 5.96. The summed E-state index contributed by atoms with van der Waals surface area (Å²) < 4.78 is 0. The molecule has 4 nitrogen and oxygen atoms in total. The van der Waals surface area contributed by atoms with Crippen LogP contribution in [0.25, 0.3) is 0 Å². The first-order chi connectivity index (χ1) is 8.41. The van der Waals surface area contributed by atoms with E-state index in [9.17, 15) is 9.59 Å². The first-order valence-corrected chi connectivity index (χ1v) is 6.84. The molecule has 100 valence electrons. The van der Waals surface area contributed by atoms with Crippen LogP contribution in [0, 0.1) is 5.92 Å². The number of carbonyl (C=O) groups is 2. The summed E-state index contributed by atoms with van der Waals surface area (Å²) in [7, 11) is 1.76. The molecule has 2 amide bonds. The van der Waals surface area contributed by atoms with E-state index >= 15 is 0 Å². The topological polar surface area (TPSA) is 49.4 Å². The Labute approximate surface area is 112 Å². The zero-order valence-corrected chi connectivity index (χ0v) is 12.1. The third-order valence-corrected chi connectivity index (χ3v) is 3.50. The molecule has 1 aromatic rings. The van der Waals surface area contributed by atoms with Crippen molar-refractivity contribution in [1.82, 2.24) is 10.2 Å². The fourth-order valence-electron chi connectivity index (χ4n) is 1.68. The number of amides is 2. The molecule has 0 saturated carbocycles. The highest BCUT2D eigenvalue weighted by molar-refractivity contribution is 7.09. The molecule has 1 aromatic heterocycles. The van der Waals surface area contributed by atoms with Gasteiger partial charge in [-0.2, -0.15) is 0 Å². The second-order valence-electron chi connectivity index (χ2n) is 4.70. The van der Waals surface area contributed by atoms with Gasteiger partial charge in [0.1, 0.15) is 6.04 Å². The lowest BCUT2D eigenvalue weighted by Crippen LogP contribution is -2.49. The molecule has 0 spiro atoms. The quantitative estimate of drug-likeness (QED) is 0.886. The van der Waals surface area contributed by atoms with Crippen LogP contribution in [0.2, 0.25) is 0 Å². The number of thiophene rings is 1. The maximum Gasteiger partial charge on any atom is 0.245 e. The number of carbonyl (C=O) groups excluding carboxylic acids is 2. The smallest absolute Gasteiger partial charge is 0.245 e. The molecule has 0 fully saturated rings. The van der Waals surface area contributed by atoms with E-state index in [0.29, 0.717) is 6.54 Å². The van der Waals surface area contributed by atoms with Crippen molar-refractivity contribution in [3.63, 3.8) is 0 Å². The van der Waals surface area contributed by atoms with Gasteiger partial charge >= 0.3 is 0 Å². The molecule has 0 saturated heterocycles. The van der Waals surface area contributed by atoms with Gasteiger partial charge in [-0.1, -0.05) is 19.9 Å². The van der Waals surface area contributed by atoms with Crippen molar-refractivity contribution in [2.75, 3.05) is 7.05 Å². The molecule has 0 bridgehead atoms. The number of likely N-dealkylation sites (N-methyl/N-ethyl adjacent to an activating group) is 1. The monoisotopic (exact) mass is 268 g/mol. The molecule has 1 heterocycles. The normalized spacial score (nSPS) is 12.3. The number of nitrogens with zero attached hydrogens (tertiary/aromatic N) is 1. The second kappa shape index (κ2) is 6.54. The highest BCUT2D eigenvalue weighted by atomic mass is 32.1. The van der Waals surface area contributed by atoms with Crippen LogP contribution >= 0.6 is 11.3 Å². The van der Waals surface area contributed by atoms with Crippen molar-refractivity contribution in [3.8, 4) is 0 Å². The molecule has 18 heavy (non-hydrogen) atoms. The predicted octanol–water partition coefficient (Wildman–Crippen LogP) is 1.87. The molecule has 0 aliphatic carbocycles. The standard InChI is InChI=1S/C13H20N2O2S/c1-9(2)12(14-10(3)16)13(17)15(4)8-11-6-5-7-18-11/h5-7,9,12H,8H2,1-4H3,(H,14,16)/t12-/m1/s1. The van der Waals surface area contributed by atoms with Crippen molar-refractivity contribution in [2.45, 2.75) is 33.4 Å². The van der Waals surface area contributed by atoms with Gasteiger partial charge < -0.3 is 10.2 Å². The number of rotatable bonds is 5. The first kappa shape index (κ1) is 14.7.